The Kier molecular flexibility index (Phi) is 7.70. The first-order valence-electron chi connectivity index (χ1n) is 19.7. The summed E-state index contributed by atoms with van der Waals surface area (Å²) in [4.78, 5) is 10.7. The molecular formula is C50H30B2O2S4. The highest BCUT2D eigenvalue weighted by Gasteiger charge is 2.45. The maximum absolute atomic E-state index is 6.81. The van der Waals surface area contributed by atoms with E-state index in [0.717, 1.165) is 23.7 Å². The number of rotatable bonds is 4. The Balaban J connectivity index is 0.917. The van der Waals surface area contributed by atoms with Crippen molar-refractivity contribution in [1.82, 2.24) is 0 Å². The van der Waals surface area contributed by atoms with Crippen molar-refractivity contribution in [3.8, 4) is 17.2 Å². The van der Waals surface area contributed by atoms with Crippen LogP contribution in [0, 0.1) is 0 Å². The van der Waals surface area contributed by atoms with Gasteiger partial charge in [0.1, 0.15) is 23.4 Å². The van der Waals surface area contributed by atoms with E-state index < -0.39 is 0 Å². The van der Waals surface area contributed by atoms with Crippen LogP contribution in [0.3, 0.4) is 0 Å². The van der Waals surface area contributed by atoms with Gasteiger partial charge >= 0.3 is 0 Å². The van der Waals surface area contributed by atoms with E-state index in [0.29, 0.717) is 0 Å². The molecule has 1 unspecified atom stereocenters. The summed E-state index contributed by atoms with van der Waals surface area (Å²) >= 11 is 7.65. The van der Waals surface area contributed by atoms with E-state index in [1.807, 2.05) is 47.0 Å². The maximum atomic E-state index is 6.81. The molecule has 2 nitrogen and oxygen atoms in total. The van der Waals surface area contributed by atoms with Gasteiger partial charge in [-0.15, -0.1) is 0 Å². The molecule has 0 saturated carbocycles. The van der Waals surface area contributed by atoms with Crippen LogP contribution in [0.2, 0.25) is 0 Å². The molecule has 8 aromatic carbocycles. The van der Waals surface area contributed by atoms with Gasteiger partial charge in [0.05, 0.1) is 0 Å². The van der Waals surface area contributed by atoms with Gasteiger partial charge in [-0.2, -0.15) is 0 Å². The van der Waals surface area contributed by atoms with Gasteiger partial charge in [0.15, 0.2) is 0 Å². The number of allylic oxidation sites excluding steroid dienone is 1. The highest BCUT2D eigenvalue weighted by Crippen LogP contribution is 2.51. The Morgan fingerprint density at radius 2 is 1.02 bits per heavy atom. The summed E-state index contributed by atoms with van der Waals surface area (Å²) in [5.74, 6) is 2.65. The van der Waals surface area contributed by atoms with Crippen LogP contribution in [-0.2, 0) is 0 Å². The number of thioether (sulfide) groups is 2. The van der Waals surface area contributed by atoms with Crippen molar-refractivity contribution in [2.24, 2.45) is 0 Å². The van der Waals surface area contributed by atoms with E-state index in [1.54, 1.807) is 0 Å². The number of hydrogen-bond acceptors (Lipinski definition) is 6. The Labute approximate surface area is 354 Å². The average molecular weight is 813 g/mol. The summed E-state index contributed by atoms with van der Waals surface area (Å²) < 4.78 is 13.5. The zero-order chi connectivity index (χ0) is 37.9. The Morgan fingerprint density at radius 1 is 0.431 bits per heavy atom. The summed E-state index contributed by atoms with van der Waals surface area (Å²) in [6.07, 6.45) is 3.21. The Hall–Kier alpha value is -5.11. The van der Waals surface area contributed by atoms with Crippen molar-refractivity contribution in [3.05, 3.63) is 179 Å². The number of ether oxygens (including phenoxy) is 2. The second-order valence-corrected chi connectivity index (χ2v) is 19.8. The molecule has 58 heavy (non-hydrogen) atoms. The van der Waals surface area contributed by atoms with Gasteiger partial charge in [0.25, 0.3) is 0 Å². The fourth-order valence-electron chi connectivity index (χ4n) is 9.48. The van der Waals surface area contributed by atoms with E-state index >= 15 is 0 Å². The van der Waals surface area contributed by atoms with Crippen LogP contribution in [-0.4, -0.2) is 19.5 Å². The highest BCUT2D eigenvalue weighted by atomic mass is 32.2. The second-order valence-electron chi connectivity index (χ2n) is 15.5. The van der Waals surface area contributed by atoms with Gasteiger partial charge in [-0.25, -0.2) is 0 Å². The van der Waals surface area contributed by atoms with Gasteiger partial charge in [-0.1, -0.05) is 172 Å². The normalized spacial score (nSPS) is 16.8. The molecular weight excluding hydrogens is 782 g/mol. The largest absolute Gasteiger partial charge is 0.486 e. The van der Waals surface area contributed by atoms with Crippen LogP contribution >= 0.6 is 47.0 Å². The van der Waals surface area contributed by atoms with Crippen LogP contribution in [0.4, 0.5) is 0 Å². The third-order valence-electron chi connectivity index (χ3n) is 12.0. The molecule has 5 aliphatic rings. The molecule has 1 atom stereocenters. The summed E-state index contributed by atoms with van der Waals surface area (Å²) in [6, 6.07) is 57.5. The summed E-state index contributed by atoms with van der Waals surface area (Å²) in [5, 5.41) is 4.82. The fourth-order valence-corrected chi connectivity index (χ4v) is 14.7. The SMILES string of the molecule is C1=C2Sc3ccccc3B3C2=C(CC1Oc1ccc2ccccc2c1)Sc1cc2c(cc13)B1c3ccccc3Sc3cc(Oc4ccc5ccccc5c4)cc(c31)S2. The van der Waals surface area contributed by atoms with Crippen LogP contribution in [0.25, 0.3) is 21.5 Å². The molecule has 0 bridgehead atoms. The number of fused-ring (bicyclic) bond motifs is 10. The first-order chi connectivity index (χ1) is 28.7. The molecule has 1 aliphatic carbocycles. The van der Waals surface area contributed by atoms with Crippen molar-refractivity contribution >= 4 is 109 Å². The van der Waals surface area contributed by atoms with E-state index in [-0.39, 0.29) is 19.5 Å². The van der Waals surface area contributed by atoms with Crippen LogP contribution in [0.15, 0.2) is 208 Å². The molecule has 0 N–H and O–H groups in total. The smallest absolute Gasteiger partial charge is 0.247 e. The predicted molar refractivity (Wildman–Crippen MR) is 248 cm³/mol. The van der Waals surface area contributed by atoms with E-state index in [4.69, 9.17) is 9.47 Å². The molecule has 0 aromatic heterocycles. The monoisotopic (exact) mass is 812 g/mol. The fraction of sp³-hybridized carbons (Fsp3) is 0.0400. The van der Waals surface area contributed by atoms with Crippen LogP contribution < -0.4 is 36.8 Å². The average Bonchev–Trinajstić information content (AvgIpc) is 3.25. The van der Waals surface area contributed by atoms with E-state index in [1.165, 1.54) is 93.5 Å². The van der Waals surface area contributed by atoms with Crippen molar-refractivity contribution < 1.29 is 9.47 Å². The van der Waals surface area contributed by atoms with Gasteiger partial charge in [-0.3, -0.25) is 0 Å². The van der Waals surface area contributed by atoms with Crippen LogP contribution in [0.5, 0.6) is 17.2 Å². The molecule has 0 spiro atoms. The second kappa shape index (κ2) is 13.2. The molecule has 0 amide bonds. The molecule has 0 saturated heterocycles. The molecule has 8 aromatic rings. The third kappa shape index (κ3) is 5.42. The quantitative estimate of drug-likeness (QED) is 0.164. The van der Waals surface area contributed by atoms with Crippen molar-refractivity contribution in [2.45, 2.75) is 41.9 Å². The third-order valence-corrected chi connectivity index (χ3v) is 16.7. The lowest BCUT2D eigenvalue weighted by Gasteiger charge is -2.40. The molecule has 8 heteroatoms. The van der Waals surface area contributed by atoms with Gasteiger partial charge in [-0.05, 0) is 98.1 Å². The lowest BCUT2D eigenvalue weighted by molar-refractivity contribution is 0.250. The maximum Gasteiger partial charge on any atom is 0.247 e. The Morgan fingerprint density at radius 3 is 1.78 bits per heavy atom. The lowest BCUT2D eigenvalue weighted by Crippen LogP contribution is -2.60. The van der Waals surface area contributed by atoms with Crippen LogP contribution in [0.1, 0.15) is 6.42 Å². The van der Waals surface area contributed by atoms with Crippen molar-refractivity contribution in [3.63, 3.8) is 0 Å². The van der Waals surface area contributed by atoms with Gasteiger partial charge in [0, 0.05) is 40.7 Å². The summed E-state index contributed by atoms with van der Waals surface area (Å²) in [5.41, 5.74) is 8.51. The molecule has 0 fully saturated rings. The van der Waals surface area contributed by atoms with Crippen molar-refractivity contribution in [2.75, 3.05) is 0 Å². The van der Waals surface area contributed by atoms with E-state index in [9.17, 15) is 0 Å². The lowest BCUT2D eigenvalue weighted by atomic mass is 9.32. The first-order valence-corrected chi connectivity index (χ1v) is 23.0. The molecule has 13 rings (SSSR count). The van der Waals surface area contributed by atoms with E-state index in [2.05, 4.69) is 164 Å². The number of hydrogen-bond donors (Lipinski definition) is 0. The van der Waals surface area contributed by atoms with Gasteiger partial charge in [0.2, 0.25) is 13.4 Å². The van der Waals surface area contributed by atoms with Gasteiger partial charge < -0.3 is 9.47 Å². The zero-order valence-corrected chi connectivity index (χ0v) is 34.2. The minimum Gasteiger partial charge on any atom is -0.486 e. The Bertz CT molecular complexity index is 3160. The zero-order valence-electron chi connectivity index (χ0n) is 31.0. The molecule has 4 aliphatic heterocycles. The highest BCUT2D eigenvalue weighted by molar-refractivity contribution is 8.05. The predicted octanol–water partition coefficient (Wildman–Crippen LogP) is 10.6. The molecule has 4 heterocycles. The molecule has 0 radical (unpaired) electrons. The molecule has 272 valence electrons. The number of benzene rings is 8. The summed E-state index contributed by atoms with van der Waals surface area (Å²) in [6.45, 7) is 0.326. The minimum absolute atomic E-state index is 0.0445. The topological polar surface area (TPSA) is 18.5 Å². The minimum atomic E-state index is -0.0445. The standard InChI is InChI=1S/C50H30B2O2S4/c1-3-11-31-21-33(19-17-29(31)9-1)53-35-23-45-49-47(25-35)57-43-28-44-40(27-39(43)51(49)37-13-5-7-15-41(37)55-45)52-38-14-6-8-16-42(38)56-46-24-36(26-48(58-44)50(46)52)54-34-20-18-30-10-2-4-12-32(30)22-34/h1-25,27-28,36H,26H2. The first kappa shape index (κ1) is 33.8. The summed E-state index contributed by atoms with van der Waals surface area (Å²) in [7, 11) is 0. The van der Waals surface area contributed by atoms with Crippen molar-refractivity contribution in [1.29, 1.82) is 0 Å².